The Labute approximate surface area is 196 Å². The molecule has 2 aromatic rings. The average Bonchev–Trinajstić information content (AvgIpc) is 3.31. The highest BCUT2D eigenvalue weighted by Crippen LogP contribution is 2.06. The lowest BCUT2D eigenvalue weighted by Gasteiger charge is -2.24. The van der Waals surface area contributed by atoms with Crippen molar-refractivity contribution in [2.75, 3.05) is 5.75 Å². The number of nitrogens with zero attached hydrogens (tertiary/aromatic N) is 1. The van der Waals surface area contributed by atoms with E-state index in [1.807, 2.05) is 6.07 Å². The minimum Gasteiger partial charge on any atom is -0.480 e. The van der Waals surface area contributed by atoms with Crippen LogP contribution in [-0.4, -0.2) is 68.7 Å². The summed E-state index contributed by atoms with van der Waals surface area (Å²) in [5.41, 5.74) is 7.05. The molecule has 12 heteroatoms. The number of carboxylic acids is 1. The van der Waals surface area contributed by atoms with E-state index in [2.05, 4.69) is 38.5 Å². The van der Waals surface area contributed by atoms with Crippen LogP contribution in [0.4, 0.5) is 0 Å². The minimum atomic E-state index is -1.21. The van der Waals surface area contributed by atoms with Crippen molar-refractivity contribution in [3.05, 3.63) is 54.1 Å². The molecule has 0 aliphatic rings. The van der Waals surface area contributed by atoms with E-state index in [0.29, 0.717) is 5.69 Å². The van der Waals surface area contributed by atoms with Crippen molar-refractivity contribution in [2.45, 2.75) is 43.9 Å². The van der Waals surface area contributed by atoms with Crippen molar-refractivity contribution in [2.24, 2.45) is 5.73 Å². The van der Waals surface area contributed by atoms with E-state index < -0.39 is 47.9 Å². The summed E-state index contributed by atoms with van der Waals surface area (Å²) in [7, 11) is 0. The van der Waals surface area contributed by atoms with Gasteiger partial charge in [0.05, 0.1) is 12.4 Å². The Kier molecular flexibility index (Phi) is 9.88. The van der Waals surface area contributed by atoms with Gasteiger partial charge in [-0.1, -0.05) is 30.3 Å². The lowest BCUT2D eigenvalue weighted by Crippen LogP contribution is -2.58. The molecule has 33 heavy (non-hydrogen) atoms. The van der Waals surface area contributed by atoms with Crippen molar-refractivity contribution in [3.63, 3.8) is 0 Å². The van der Waals surface area contributed by atoms with Crippen LogP contribution in [0.25, 0.3) is 0 Å². The maximum atomic E-state index is 13.1. The molecule has 0 aliphatic carbocycles. The first kappa shape index (κ1) is 25.9. The number of amides is 3. The van der Waals surface area contributed by atoms with Gasteiger partial charge in [-0.2, -0.15) is 12.6 Å². The molecule has 11 nitrogen and oxygen atoms in total. The summed E-state index contributed by atoms with van der Waals surface area (Å²) in [5.74, 6) is -3.01. The summed E-state index contributed by atoms with van der Waals surface area (Å²) in [6.07, 6.45) is 3.13. The number of aliphatic carboxylic acids is 1. The van der Waals surface area contributed by atoms with Gasteiger partial charge < -0.3 is 31.8 Å². The lowest BCUT2D eigenvalue weighted by molar-refractivity contribution is -0.141. The quantitative estimate of drug-likeness (QED) is 0.192. The predicted octanol–water partition coefficient (Wildman–Crippen LogP) is -0.989. The van der Waals surface area contributed by atoms with Crippen LogP contribution in [0.5, 0.6) is 0 Å². The molecule has 3 amide bonds. The monoisotopic (exact) mass is 476 g/mol. The fourth-order valence-corrected chi connectivity index (χ4v) is 3.06. The molecule has 2 rings (SSSR count). The summed E-state index contributed by atoms with van der Waals surface area (Å²) >= 11 is 4.00. The molecule has 0 spiro atoms. The van der Waals surface area contributed by atoms with Crippen molar-refractivity contribution in [3.8, 4) is 0 Å². The van der Waals surface area contributed by atoms with Gasteiger partial charge in [0.1, 0.15) is 18.1 Å². The van der Waals surface area contributed by atoms with E-state index in [9.17, 15) is 19.2 Å². The van der Waals surface area contributed by atoms with E-state index in [1.165, 1.54) is 19.4 Å². The first-order valence-corrected chi connectivity index (χ1v) is 10.9. The van der Waals surface area contributed by atoms with Crippen LogP contribution in [0.2, 0.25) is 0 Å². The number of thiol groups is 1. The number of nitrogens with two attached hydrogens (primary N) is 1. The second kappa shape index (κ2) is 12.6. The van der Waals surface area contributed by atoms with Crippen LogP contribution < -0.4 is 21.7 Å². The van der Waals surface area contributed by atoms with Gasteiger partial charge in [0.15, 0.2) is 0 Å². The fourth-order valence-electron chi connectivity index (χ4n) is 2.89. The lowest BCUT2D eigenvalue weighted by atomic mass is 10.0. The molecule has 0 fully saturated rings. The van der Waals surface area contributed by atoms with Gasteiger partial charge in [-0.3, -0.25) is 19.2 Å². The van der Waals surface area contributed by atoms with E-state index in [-0.39, 0.29) is 18.6 Å². The van der Waals surface area contributed by atoms with Crippen LogP contribution in [0.3, 0.4) is 0 Å². The van der Waals surface area contributed by atoms with Crippen LogP contribution >= 0.6 is 12.6 Å². The maximum Gasteiger partial charge on any atom is 0.325 e. The Morgan fingerprint density at radius 2 is 1.64 bits per heavy atom. The summed E-state index contributed by atoms with van der Waals surface area (Å²) in [6.45, 7) is 1.32. The SMILES string of the molecule is CC(NC(=O)C(Cc1ccccc1)NC(=O)C(Cc1cnc[nH]1)NC(=O)C(N)CS)C(=O)O. The van der Waals surface area contributed by atoms with Crippen LogP contribution in [0.1, 0.15) is 18.2 Å². The number of carbonyl (C=O) groups is 4. The standard InChI is InChI=1S/C21H28N6O5S/c1-12(21(31)32)25-19(29)16(7-13-5-3-2-4-6-13)27-20(30)17(8-14-9-23-11-24-14)26-18(28)15(22)10-33/h2-6,9,11-12,15-17,33H,7-8,10,22H2,1H3,(H,23,24)(H,25,29)(H,26,28)(H,27,30)(H,31,32). The molecule has 0 aliphatic heterocycles. The van der Waals surface area contributed by atoms with Crippen molar-refractivity contribution in [1.82, 2.24) is 25.9 Å². The number of hydrogen-bond acceptors (Lipinski definition) is 7. The molecule has 1 aromatic heterocycles. The molecule has 4 atom stereocenters. The number of aromatic amines is 1. The van der Waals surface area contributed by atoms with Gasteiger partial charge in [-0.15, -0.1) is 0 Å². The second-order valence-electron chi connectivity index (χ2n) is 7.45. The Hall–Kier alpha value is -3.38. The largest absolute Gasteiger partial charge is 0.480 e. The Balaban J connectivity index is 2.22. The van der Waals surface area contributed by atoms with Gasteiger partial charge in [-0.25, -0.2) is 4.98 Å². The van der Waals surface area contributed by atoms with Crippen molar-refractivity contribution < 1.29 is 24.3 Å². The summed E-state index contributed by atoms with van der Waals surface area (Å²) in [5, 5.41) is 16.7. The molecule has 0 radical (unpaired) electrons. The highest BCUT2D eigenvalue weighted by molar-refractivity contribution is 7.80. The number of aromatic nitrogens is 2. The molecule has 4 unspecified atom stereocenters. The number of H-pyrrole nitrogens is 1. The van der Waals surface area contributed by atoms with Crippen LogP contribution in [-0.2, 0) is 32.0 Å². The fraction of sp³-hybridized carbons (Fsp3) is 0.381. The van der Waals surface area contributed by atoms with Gasteiger partial charge in [0, 0.05) is 30.5 Å². The van der Waals surface area contributed by atoms with Crippen molar-refractivity contribution in [1.29, 1.82) is 0 Å². The van der Waals surface area contributed by atoms with E-state index in [0.717, 1.165) is 5.56 Å². The smallest absolute Gasteiger partial charge is 0.325 e. The number of benzene rings is 1. The molecule has 0 saturated heterocycles. The number of carboxylic acid groups (broad SMARTS) is 1. The molecule has 0 bridgehead atoms. The van der Waals surface area contributed by atoms with Gasteiger partial charge in [0.2, 0.25) is 17.7 Å². The molecule has 178 valence electrons. The average molecular weight is 477 g/mol. The van der Waals surface area contributed by atoms with Gasteiger partial charge in [0.25, 0.3) is 0 Å². The number of rotatable bonds is 12. The zero-order valence-electron chi connectivity index (χ0n) is 18.0. The van der Waals surface area contributed by atoms with Crippen molar-refractivity contribution >= 4 is 36.3 Å². The van der Waals surface area contributed by atoms with Gasteiger partial charge in [-0.05, 0) is 12.5 Å². The number of carbonyl (C=O) groups excluding carboxylic acids is 3. The molecular weight excluding hydrogens is 448 g/mol. The Morgan fingerprint density at radius 1 is 1.03 bits per heavy atom. The Morgan fingerprint density at radius 3 is 2.21 bits per heavy atom. The van der Waals surface area contributed by atoms with Gasteiger partial charge >= 0.3 is 5.97 Å². The number of imidazole rings is 1. The normalized spacial score (nSPS) is 14.4. The maximum absolute atomic E-state index is 13.1. The molecule has 7 N–H and O–H groups in total. The van der Waals surface area contributed by atoms with Crippen LogP contribution in [0.15, 0.2) is 42.9 Å². The molecule has 0 saturated carbocycles. The third-order valence-electron chi connectivity index (χ3n) is 4.79. The Bertz CT molecular complexity index is 940. The second-order valence-corrected chi connectivity index (χ2v) is 7.82. The molecule has 1 heterocycles. The summed E-state index contributed by atoms with van der Waals surface area (Å²) in [6, 6.07) is 4.72. The van der Waals surface area contributed by atoms with E-state index >= 15 is 0 Å². The third kappa shape index (κ3) is 8.24. The number of nitrogens with one attached hydrogen (secondary N) is 4. The first-order valence-electron chi connectivity index (χ1n) is 10.2. The highest BCUT2D eigenvalue weighted by atomic mass is 32.1. The molecular formula is C21H28N6O5S. The summed E-state index contributed by atoms with van der Waals surface area (Å²) < 4.78 is 0. The number of hydrogen-bond donors (Lipinski definition) is 7. The predicted molar refractivity (Wildman–Crippen MR) is 123 cm³/mol. The van der Waals surface area contributed by atoms with E-state index in [1.54, 1.807) is 24.3 Å². The third-order valence-corrected chi connectivity index (χ3v) is 5.18. The minimum absolute atomic E-state index is 0.0715. The van der Waals surface area contributed by atoms with E-state index in [4.69, 9.17) is 10.8 Å². The zero-order chi connectivity index (χ0) is 24.4. The first-order chi connectivity index (χ1) is 15.7. The zero-order valence-corrected chi connectivity index (χ0v) is 18.9. The summed E-state index contributed by atoms with van der Waals surface area (Å²) in [4.78, 5) is 56.2. The van der Waals surface area contributed by atoms with Crippen LogP contribution in [0, 0.1) is 0 Å². The topological polar surface area (TPSA) is 179 Å². The molecule has 1 aromatic carbocycles. The highest BCUT2D eigenvalue weighted by Gasteiger charge is 2.29.